The summed E-state index contributed by atoms with van der Waals surface area (Å²) in [7, 11) is -0.860. The number of benzene rings is 1. The van der Waals surface area contributed by atoms with Gasteiger partial charge < -0.3 is 4.57 Å². The van der Waals surface area contributed by atoms with E-state index in [1.54, 1.807) is 11.8 Å². The average Bonchev–Trinajstić information content (AvgIpc) is 3.10. The van der Waals surface area contributed by atoms with E-state index in [9.17, 15) is 8.42 Å². The molecular formula is C18H25N3O2S2. The normalized spacial score (nSPS) is 20.6. The van der Waals surface area contributed by atoms with E-state index >= 15 is 0 Å². The summed E-state index contributed by atoms with van der Waals surface area (Å²) >= 11 is 1.74. The largest absolute Gasteiger partial charge is 0.309 e. The van der Waals surface area contributed by atoms with Crippen LogP contribution in [0.25, 0.3) is 0 Å². The lowest BCUT2D eigenvalue weighted by molar-refractivity contribution is 0.552. The first-order valence-corrected chi connectivity index (χ1v) is 11.4. The molecule has 1 saturated heterocycles. The van der Waals surface area contributed by atoms with Gasteiger partial charge in [0.05, 0.1) is 11.5 Å². The van der Waals surface area contributed by atoms with Gasteiger partial charge in [-0.15, -0.1) is 10.2 Å². The molecule has 0 spiro atoms. The molecule has 1 aliphatic heterocycles. The Hall–Kier alpha value is -1.34. The predicted octanol–water partition coefficient (Wildman–Crippen LogP) is 2.91. The maximum Gasteiger partial charge on any atom is 0.191 e. The number of hydrogen-bond acceptors (Lipinski definition) is 5. The van der Waals surface area contributed by atoms with Gasteiger partial charge in [0.2, 0.25) is 0 Å². The van der Waals surface area contributed by atoms with Crippen LogP contribution in [0, 0.1) is 5.92 Å². The first-order valence-electron chi connectivity index (χ1n) is 8.72. The van der Waals surface area contributed by atoms with Gasteiger partial charge in [0.1, 0.15) is 5.82 Å². The highest BCUT2D eigenvalue weighted by molar-refractivity contribution is 7.99. The number of sulfone groups is 1. The van der Waals surface area contributed by atoms with Crippen LogP contribution in [0.5, 0.6) is 0 Å². The lowest BCUT2D eigenvalue weighted by atomic mass is 10.1. The third-order valence-electron chi connectivity index (χ3n) is 4.71. The molecule has 1 aromatic heterocycles. The van der Waals surface area contributed by atoms with Gasteiger partial charge in [0, 0.05) is 18.7 Å². The van der Waals surface area contributed by atoms with E-state index in [1.165, 1.54) is 5.56 Å². The van der Waals surface area contributed by atoms with Gasteiger partial charge in [-0.1, -0.05) is 49.0 Å². The summed E-state index contributed by atoms with van der Waals surface area (Å²) in [5.41, 5.74) is 1.36. The summed E-state index contributed by atoms with van der Waals surface area (Å²) in [6.07, 6.45) is 3.57. The zero-order valence-corrected chi connectivity index (χ0v) is 16.4. The van der Waals surface area contributed by atoms with Crippen LogP contribution in [0.2, 0.25) is 0 Å². The van der Waals surface area contributed by atoms with Gasteiger partial charge in [0.15, 0.2) is 15.0 Å². The smallest absolute Gasteiger partial charge is 0.191 e. The van der Waals surface area contributed by atoms with Crippen LogP contribution < -0.4 is 0 Å². The SMILES string of the molecule is C[C@@H](CCc1ccccc1)Sc1nnc(C[C@H]2CCS(=O)(=O)C2)n1C. The molecule has 0 amide bonds. The van der Waals surface area contributed by atoms with Gasteiger partial charge in [-0.2, -0.15) is 0 Å². The Labute approximate surface area is 154 Å². The van der Waals surface area contributed by atoms with Crippen LogP contribution in [-0.4, -0.2) is 39.9 Å². The third-order valence-corrected chi connectivity index (χ3v) is 7.75. The highest BCUT2D eigenvalue weighted by Gasteiger charge is 2.29. The second-order valence-electron chi connectivity index (χ2n) is 6.88. The van der Waals surface area contributed by atoms with E-state index in [4.69, 9.17) is 0 Å². The number of aryl methyl sites for hydroxylation is 1. The van der Waals surface area contributed by atoms with Crippen molar-refractivity contribution in [3.05, 3.63) is 41.7 Å². The Morgan fingerprint density at radius 1 is 1.28 bits per heavy atom. The van der Waals surface area contributed by atoms with E-state index in [-0.39, 0.29) is 11.7 Å². The van der Waals surface area contributed by atoms with Crippen LogP contribution >= 0.6 is 11.8 Å². The summed E-state index contributed by atoms with van der Waals surface area (Å²) in [6, 6.07) is 10.5. The number of thioether (sulfide) groups is 1. The van der Waals surface area contributed by atoms with Crippen molar-refractivity contribution in [2.75, 3.05) is 11.5 Å². The predicted molar refractivity (Wildman–Crippen MR) is 102 cm³/mol. The molecule has 2 heterocycles. The molecule has 0 unspecified atom stereocenters. The molecule has 1 fully saturated rings. The van der Waals surface area contributed by atoms with Gasteiger partial charge >= 0.3 is 0 Å². The van der Waals surface area contributed by atoms with E-state index < -0.39 is 9.84 Å². The van der Waals surface area contributed by atoms with Crippen molar-refractivity contribution in [2.45, 2.75) is 43.0 Å². The minimum atomic E-state index is -2.84. The molecular weight excluding hydrogens is 354 g/mol. The third kappa shape index (κ3) is 5.07. The molecule has 0 saturated carbocycles. The van der Waals surface area contributed by atoms with Gasteiger partial charge in [-0.25, -0.2) is 8.42 Å². The molecule has 136 valence electrons. The molecule has 1 aliphatic rings. The second-order valence-corrected chi connectivity index (χ2v) is 10.5. The van der Waals surface area contributed by atoms with Gasteiger partial charge in [-0.3, -0.25) is 0 Å². The second kappa shape index (κ2) is 7.91. The number of nitrogens with zero attached hydrogens (tertiary/aromatic N) is 3. The molecule has 0 bridgehead atoms. The van der Waals surface area contributed by atoms with Crippen molar-refractivity contribution < 1.29 is 8.42 Å². The molecule has 25 heavy (non-hydrogen) atoms. The van der Waals surface area contributed by atoms with E-state index in [0.29, 0.717) is 17.4 Å². The molecule has 5 nitrogen and oxygen atoms in total. The number of hydrogen-bond donors (Lipinski definition) is 0. The number of rotatable bonds is 7. The average molecular weight is 380 g/mol. The Bertz CT molecular complexity index is 803. The Kier molecular flexibility index (Phi) is 5.84. The van der Waals surface area contributed by atoms with Crippen molar-refractivity contribution in [2.24, 2.45) is 13.0 Å². The number of aromatic nitrogens is 3. The maximum absolute atomic E-state index is 11.6. The first-order chi connectivity index (χ1) is 11.9. The standard InChI is InChI=1S/C18H25N3O2S2/c1-14(8-9-15-6-4-3-5-7-15)24-18-20-19-17(21(18)2)12-16-10-11-25(22,23)13-16/h3-7,14,16H,8-13H2,1-2H3/t14-,16+/m0/s1. The molecule has 2 atom stereocenters. The lowest BCUT2D eigenvalue weighted by Crippen LogP contribution is -2.11. The Balaban J connectivity index is 1.54. The molecule has 3 rings (SSSR count). The van der Waals surface area contributed by atoms with E-state index in [1.807, 2.05) is 17.7 Å². The molecule has 1 aromatic carbocycles. The highest BCUT2D eigenvalue weighted by atomic mass is 32.2. The van der Waals surface area contributed by atoms with Crippen LogP contribution in [0.3, 0.4) is 0 Å². The van der Waals surface area contributed by atoms with E-state index in [2.05, 4.69) is 41.4 Å². The summed E-state index contributed by atoms with van der Waals surface area (Å²) in [5.74, 6) is 1.67. The molecule has 7 heteroatoms. The van der Waals surface area contributed by atoms with Crippen molar-refractivity contribution in [3.63, 3.8) is 0 Å². The summed E-state index contributed by atoms with van der Waals surface area (Å²) < 4.78 is 25.2. The van der Waals surface area contributed by atoms with Crippen LogP contribution in [0.4, 0.5) is 0 Å². The molecule has 0 aliphatic carbocycles. The minimum Gasteiger partial charge on any atom is -0.309 e. The summed E-state index contributed by atoms with van der Waals surface area (Å²) in [5, 5.41) is 9.97. The fraction of sp³-hybridized carbons (Fsp3) is 0.556. The fourth-order valence-electron chi connectivity index (χ4n) is 3.17. The summed E-state index contributed by atoms with van der Waals surface area (Å²) in [4.78, 5) is 0. The molecule has 0 N–H and O–H groups in total. The fourth-order valence-corrected chi connectivity index (χ4v) is 5.98. The van der Waals surface area contributed by atoms with Crippen molar-refractivity contribution in [1.82, 2.24) is 14.8 Å². The van der Waals surface area contributed by atoms with Crippen molar-refractivity contribution in [3.8, 4) is 0 Å². The van der Waals surface area contributed by atoms with Crippen molar-refractivity contribution in [1.29, 1.82) is 0 Å². The van der Waals surface area contributed by atoms with Gasteiger partial charge in [-0.05, 0) is 30.7 Å². The first kappa shape index (κ1) is 18.5. The topological polar surface area (TPSA) is 64.8 Å². The Morgan fingerprint density at radius 3 is 2.72 bits per heavy atom. The van der Waals surface area contributed by atoms with E-state index in [0.717, 1.165) is 30.2 Å². The quantitative estimate of drug-likeness (QED) is 0.692. The maximum atomic E-state index is 11.6. The summed E-state index contributed by atoms with van der Waals surface area (Å²) in [6.45, 7) is 2.21. The zero-order valence-electron chi connectivity index (χ0n) is 14.8. The highest BCUT2D eigenvalue weighted by Crippen LogP contribution is 2.27. The Morgan fingerprint density at radius 2 is 2.04 bits per heavy atom. The lowest BCUT2D eigenvalue weighted by Gasteiger charge is -2.11. The molecule has 2 aromatic rings. The van der Waals surface area contributed by atoms with Crippen molar-refractivity contribution >= 4 is 21.6 Å². The van der Waals surface area contributed by atoms with Crippen LogP contribution in [0.15, 0.2) is 35.5 Å². The minimum absolute atomic E-state index is 0.182. The van der Waals surface area contributed by atoms with Crippen LogP contribution in [-0.2, 0) is 29.7 Å². The molecule has 0 radical (unpaired) electrons. The monoisotopic (exact) mass is 379 g/mol. The van der Waals surface area contributed by atoms with Gasteiger partial charge in [0.25, 0.3) is 0 Å². The van der Waals surface area contributed by atoms with Crippen LogP contribution in [0.1, 0.15) is 31.2 Å². The zero-order chi connectivity index (χ0) is 17.9.